The molecule has 0 bridgehead atoms. The molecule has 0 amide bonds. The van der Waals surface area contributed by atoms with E-state index in [0.717, 1.165) is 33.6 Å². The number of nitrogens with zero attached hydrogens (tertiary/aromatic N) is 5. The van der Waals surface area contributed by atoms with Gasteiger partial charge < -0.3 is 4.74 Å². The van der Waals surface area contributed by atoms with Gasteiger partial charge >= 0.3 is 6.18 Å². The van der Waals surface area contributed by atoms with Crippen molar-refractivity contribution in [1.29, 1.82) is 0 Å². The molecule has 0 saturated carbocycles. The third-order valence-corrected chi connectivity index (χ3v) is 5.99. The number of hydrogen-bond donors (Lipinski definition) is 1. The second-order valence-electron chi connectivity index (χ2n) is 8.67. The van der Waals surface area contributed by atoms with Gasteiger partial charge in [-0.05, 0) is 31.5 Å². The van der Waals surface area contributed by atoms with Crippen molar-refractivity contribution in [3.63, 3.8) is 0 Å². The number of alkyl halides is 3. The Morgan fingerprint density at radius 3 is 2.44 bits per heavy atom. The number of aromatic amines is 1. The van der Waals surface area contributed by atoms with Crippen LogP contribution in [0.3, 0.4) is 0 Å². The molecule has 0 aliphatic heterocycles. The lowest BCUT2D eigenvalue weighted by molar-refractivity contribution is -0.147. The summed E-state index contributed by atoms with van der Waals surface area (Å²) in [6.45, 7) is 4.98. The topological polar surface area (TPSA) is 71.3 Å². The Morgan fingerprint density at radius 1 is 1.12 bits per heavy atom. The highest BCUT2D eigenvalue weighted by Gasteiger charge is 2.31. The Morgan fingerprint density at radius 2 is 1.82 bits per heavy atom. The number of methoxy groups -OCH3 is 1. The molecule has 3 heterocycles. The van der Waals surface area contributed by atoms with Crippen LogP contribution in [-0.4, -0.2) is 56.6 Å². The number of rotatable bonds is 7. The summed E-state index contributed by atoms with van der Waals surface area (Å²) in [4.78, 5) is 5.51. The lowest BCUT2D eigenvalue weighted by Gasteiger charge is -2.26. The van der Waals surface area contributed by atoms with E-state index in [9.17, 15) is 13.2 Å². The van der Waals surface area contributed by atoms with Crippen LogP contribution < -0.4 is 4.74 Å². The first-order chi connectivity index (χ1) is 16.1. The van der Waals surface area contributed by atoms with E-state index in [0.29, 0.717) is 11.4 Å². The van der Waals surface area contributed by atoms with Crippen molar-refractivity contribution in [2.45, 2.75) is 38.9 Å². The summed E-state index contributed by atoms with van der Waals surface area (Å²) in [6.07, 6.45) is -0.897. The van der Waals surface area contributed by atoms with Gasteiger partial charge in [0.1, 0.15) is 6.33 Å². The molecule has 10 heteroatoms. The lowest BCUT2D eigenvalue weighted by atomic mass is 9.93. The van der Waals surface area contributed by atoms with Crippen molar-refractivity contribution >= 4 is 5.65 Å². The zero-order valence-electron chi connectivity index (χ0n) is 19.7. The molecule has 0 radical (unpaired) electrons. The zero-order chi connectivity index (χ0) is 24.6. The maximum Gasteiger partial charge on any atom is 0.401 e. The molecule has 1 atom stereocenters. The van der Waals surface area contributed by atoms with Crippen LogP contribution in [0.5, 0.6) is 5.75 Å². The minimum atomic E-state index is -4.24. The number of ether oxygens (including phenoxy) is 1. The number of nitrogens with one attached hydrogen (secondary N) is 1. The lowest BCUT2D eigenvalue weighted by Crippen LogP contribution is -2.33. The molecule has 4 aromatic rings. The second kappa shape index (κ2) is 9.09. The fourth-order valence-electron chi connectivity index (χ4n) is 4.13. The maximum atomic E-state index is 12.8. The van der Waals surface area contributed by atoms with Crippen molar-refractivity contribution in [3.8, 4) is 28.3 Å². The minimum absolute atomic E-state index is 0.151. The fourth-order valence-corrected chi connectivity index (χ4v) is 4.13. The molecule has 7 nitrogen and oxygen atoms in total. The minimum Gasteiger partial charge on any atom is -0.493 e. The summed E-state index contributed by atoms with van der Waals surface area (Å²) >= 11 is 0. The quantitative estimate of drug-likeness (QED) is 0.386. The molecule has 3 aromatic heterocycles. The van der Waals surface area contributed by atoms with Gasteiger partial charge in [-0.3, -0.25) is 10.00 Å². The summed E-state index contributed by atoms with van der Waals surface area (Å²) in [5, 5.41) is 12.0. The van der Waals surface area contributed by atoms with Crippen molar-refractivity contribution in [3.05, 3.63) is 54.0 Å². The molecule has 1 N–H and O–H groups in total. The smallest absolute Gasteiger partial charge is 0.401 e. The summed E-state index contributed by atoms with van der Waals surface area (Å²) in [5.41, 5.74) is 5.84. The number of H-pyrrole nitrogens is 1. The van der Waals surface area contributed by atoms with Crippen molar-refractivity contribution < 1.29 is 17.9 Å². The molecule has 0 saturated heterocycles. The average Bonchev–Trinajstić information content (AvgIpc) is 3.44. The Balaban J connectivity index is 1.69. The van der Waals surface area contributed by atoms with E-state index in [1.54, 1.807) is 18.5 Å². The highest BCUT2D eigenvalue weighted by molar-refractivity contribution is 5.76. The van der Waals surface area contributed by atoms with Gasteiger partial charge in [0.2, 0.25) is 0 Å². The van der Waals surface area contributed by atoms with Crippen LogP contribution in [0.4, 0.5) is 13.2 Å². The zero-order valence-corrected chi connectivity index (χ0v) is 19.7. The van der Waals surface area contributed by atoms with E-state index < -0.39 is 12.7 Å². The molecular weight excluding hydrogens is 445 g/mol. The molecule has 0 spiro atoms. The van der Waals surface area contributed by atoms with E-state index in [4.69, 9.17) is 4.74 Å². The Bertz CT molecular complexity index is 1280. The molecule has 4 rings (SSSR count). The van der Waals surface area contributed by atoms with Gasteiger partial charge in [-0.1, -0.05) is 38.1 Å². The highest BCUT2D eigenvalue weighted by atomic mass is 19.4. The second-order valence-corrected chi connectivity index (χ2v) is 8.67. The standard InChI is InChI=1S/C24H27F3N6O/c1-14(2)20-21(17-8-6-16(7-9-17)15(3)32(4)12-24(25,26)27)30-31-22(20)18-10-19(34-5)23-28-13-29-33(23)11-18/h6-11,13-15H,12H2,1-5H3,(H,30,31)/t15-/m0/s1. The van der Waals surface area contributed by atoms with Crippen LogP contribution >= 0.6 is 0 Å². The molecule has 34 heavy (non-hydrogen) atoms. The summed E-state index contributed by atoms with van der Waals surface area (Å²) < 4.78 is 45.5. The maximum absolute atomic E-state index is 12.8. The molecular formula is C24H27F3N6O. The number of aromatic nitrogens is 5. The first-order valence-corrected chi connectivity index (χ1v) is 10.9. The van der Waals surface area contributed by atoms with E-state index in [-0.39, 0.29) is 12.0 Å². The largest absolute Gasteiger partial charge is 0.493 e. The van der Waals surface area contributed by atoms with Gasteiger partial charge in [0, 0.05) is 28.9 Å². The summed E-state index contributed by atoms with van der Waals surface area (Å²) in [6, 6.07) is 9.04. The van der Waals surface area contributed by atoms with Crippen molar-refractivity contribution in [2.75, 3.05) is 20.7 Å². The normalized spacial score (nSPS) is 13.2. The highest BCUT2D eigenvalue weighted by Crippen LogP contribution is 2.37. The first kappa shape index (κ1) is 23.7. The Labute approximate surface area is 195 Å². The third kappa shape index (κ3) is 4.63. The van der Waals surface area contributed by atoms with Gasteiger partial charge in [-0.25, -0.2) is 9.50 Å². The number of benzene rings is 1. The Kier molecular flexibility index (Phi) is 6.35. The van der Waals surface area contributed by atoms with Crippen LogP contribution in [0.15, 0.2) is 42.9 Å². The average molecular weight is 473 g/mol. The number of hydrogen-bond acceptors (Lipinski definition) is 5. The van der Waals surface area contributed by atoms with Gasteiger partial charge in [-0.15, -0.1) is 0 Å². The van der Waals surface area contributed by atoms with Crippen molar-refractivity contribution in [2.24, 2.45) is 0 Å². The van der Waals surface area contributed by atoms with Crippen LogP contribution in [0.1, 0.15) is 43.9 Å². The molecule has 0 aliphatic rings. The van der Waals surface area contributed by atoms with Gasteiger partial charge in [0.25, 0.3) is 0 Å². The Hall–Kier alpha value is -3.40. The predicted molar refractivity (Wildman–Crippen MR) is 124 cm³/mol. The van der Waals surface area contributed by atoms with E-state index in [2.05, 4.69) is 34.1 Å². The van der Waals surface area contributed by atoms with Crippen LogP contribution in [0.2, 0.25) is 0 Å². The summed E-state index contributed by atoms with van der Waals surface area (Å²) in [7, 11) is 3.06. The van der Waals surface area contributed by atoms with E-state index in [1.165, 1.54) is 18.3 Å². The summed E-state index contributed by atoms with van der Waals surface area (Å²) in [5.74, 6) is 0.750. The molecule has 0 unspecified atom stereocenters. The van der Waals surface area contributed by atoms with Crippen LogP contribution in [-0.2, 0) is 0 Å². The first-order valence-electron chi connectivity index (χ1n) is 10.9. The third-order valence-electron chi connectivity index (χ3n) is 5.99. The number of pyridine rings is 1. The van der Waals surface area contributed by atoms with Gasteiger partial charge in [-0.2, -0.15) is 23.4 Å². The number of halogens is 3. The van der Waals surface area contributed by atoms with E-state index >= 15 is 0 Å². The SMILES string of the molecule is COc1cc(-c2[nH]nc(-c3ccc([C@H](C)N(C)CC(F)(F)F)cc3)c2C(C)C)cn2ncnc12. The predicted octanol–water partition coefficient (Wildman–Crippen LogP) is 5.47. The molecule has 180 valence electrons. The molecule has 0 aliphatic carbocycles. The van der Waals surface area contributed by atoms with E-state index in [1.807, 2.05) is 36.5 Å². The fraction of sp³-hybridized carbons (Fsp3) is 0.375. The number of fused-ring (bicyclic) bond motifs is 1. The molecule has 1 aromatic carbocycles. The van der Waals surface area contributed by atoms with Gasteiger partial charge in [0.15, 0.2) is 11.4 Å². The van der Waals surface area contributed by atoms with Crippen LogP contribution in [0, 0.1) is 0 Å². The monoisotopic (exact) mass is 472 g/mol. The van der Waals surface area contributed by atoms with Crippen molar-refractivity contribution in [1.82, 2.24) is 29.7 Å². The molecule has 0 fully saturated rings. The van der Waals surface area contributed by atoms with Crippen LogP contribution in [0.25, 0.3) is 28.2 Å². The van der Waals surface area contributed by atoms with Gasteiger partial charge in [0.05, 0.1) is 25.0 Å².